The van der Waals surface area contributed by atoms with Crippen LogP contribution in [0, 0.1) is 12.3 Å². The third-order valence-electron chi connectivity index (χ3n) is 7.99. The Labute approximate surface area is 237 Å². The molecule has 2 aromatic carbocycles. The summed E-state index contributed by atoms with van der Waals surface area (Å²) in [6, 6.07) is 19.2. The number of aromatic nitrogens is 2. The van der Waals surface area contributed by atoms with Crippen molar-refractivity contribution in [3.8, 4) is 17.2 Å². The molecule has 218 valence electrons. The number of benzene rings is 2. The second kappa shape index (κ2) is 12.2. The first-order valence-electron chi connectivity index (χ1n) is 13.6. The van der Waals surface area contributed by atoms with Crippen LogP contribution >= 0.6 is 0 Å². The summed E-state index contributed by atoms with van der Waals surface area (Å²) in [4.78, 5) is 17.6. The maximum Gasteiger partial charge on any atom is 0.331 e. The van der Waals surface area contributed by atoms with Gasteiger partial charge in [-0.05, 0) is 69.7 Å². The molecule has 0 radical (unpaired) electrons. The minimum atomic E-state index is -2.51. The summed E-state index contributed by atoms with van der Waals surface area (Å²) in [5, 5.41) is 10.6. The first kappa shape index (κ1) is 30.0. The third-order valence-corrected chi connectivity index (χ3v) is 7.99. The van der Waals surface area contributed by atoms with E-state index in [-0.39, 0.29) is 6.42 Å². The number of carboxylic acid groups (broad SMARTS) is 1. The maximum absolute atomic E-state index is 15.4. The number of halogens is 3. The minimum absolute atomic E-state index is 0.310. The summed E-state index contributed by atoms with van der Waals surface area (Å²) in [6.45, 7) is 5.21. The lowest BCUT2D eigenvalue weighted by Gasteiger charge is -2.51. The molecule has 2 heterocycles. The van der Waals surface area contributed by atoms with Gasteiger partial charge in [-0.25, -0.2) is 22.9 Å². The zero-order valence-electron chi connectivity index (χ0n) is 23.6. The van der Waals surface area contributed by atoms with Crippen molar-refractivity contribution in [1.29, 1.82) is 0 Å². The number of hydrogen-bond donors (Lipinski definition) is 1. The highest BCUT2D eigenvalue weighted by Gasteiger charge is 2.67. The van der Waals surface area contributed by atoms with Crippen LogP contribution in [0.5, 0.6) is 5.75 Å². The number of hydrogen-bond acceptors (Lipinski definition) is 4. The highest BCUT2D eigenvalue weighted by atomic mass is 19.2. The van der Waals surface area contributed by atoms with Gasteiger partial charge in [0.25, 0.3) is 0 Å². The molecule has 0 aliphatic carbocycles. The highest BCUT2D eigenvalue weighted by Crippen LogP contribution is 2.52. The van der Waals surface area contributed by atoms with Crippen LogP contribution in [0.15, 0.2) is 83.5 Å². The predicted octanol–water partition coefficient (Wildman–Crippen LogP) is 7.16. The number of nitrogens with zero attached hydrogens (tertiary/aromatic N) is 2. The van der Waals surface area contributed by atoms with Crippen LogP contribution in [0.1, 0.15) is 37.8 Å². The van der Waals surface area contributed by atoms with Crippen molar-refractivity contribution in [1.82, 2.24) is 9.55 Å². The molecule has 2 aromatic heterocycles. The van der Waals surface area contributed by atoms with Gasteiger partial charge in [-0.2, -0.15) is 0 Å². The number of rotatable bonds is 13. The monoisotopic (exact) mass is 568 g/mol. The number of carbonyl (C=O) groups is 1. The molecule has 0 fully saturated rings. The van der Waals surface area contributed by atoms with Crippen LogP contribution in [0.3, 0.4) is 0 Å². The molecule has 6 nitrogen and oxygen atoms in total. The summed E-state index contributed by atoms with van der Waals surface area (Å²) in [7, 11) is 0. The normalized spacial score (nSPS) is 16.8. The van der Waals surface area contributed by atoms with E-state index in [0.717, 1.165) is 32.0 Å². The lowest BCUT2D eigenvalue weighted by molar-refractivity contribution is -0.178. The van der Waals surface area contributed by atoms with Crippen molar-refractivity contribution < 1.29 is 32.2 Å². The van der Waals surface area contributed by atoms with Crippen molar-refractivity contribution >= 4 is 5.97 Å². The van der Waals surface area contributed by atoms with Gasteiger partial charge < -0.3 is 18.8 Å². The van der Waals surface area contributed by atoms with Crippen molar-refractivity contribution in [2.75, 3.05) is 6.61 Å². The van der Waals surface area contributed by atoms with Crippen LogP contribution in [0.25, 0.3) is 11.5 Å². The Balaban J connectivity index is 1.55. The largest absolute Gasteiger partial charge is 0.493 e. The van der Waals surface area contributed by atoms with Gasteiger partial charge in [-0.15, -0.1) is 0 Å². The molecule has 0 spiro atoms. The Morgan fingerprint density at radius 1 is 0.951 bits per heavy atom. The van der Waals surface area contributed by atoms with Gasteiger partial charge in [0, 0.05) is 30.8 Å². The Kier molecular flexibility index (Phi) is 8.95. The van der Waals surface area contributed by atoms with Crippen molar-refractivity contribution in [2.24, 2.45) is 5.41 Å². The van der Waals surface area contributed by atoms with E-state index in [1.54, 1.807) is 36.4 Å². The molecule has 3 unspecified atom stereocenters. The predicted molar refractivity (Wildman–Crippen MR) is 150 cm³/mol. The topological polar surface area (TPSA) is 77.5 Å². The fraction of sp³-hybridized carbons (Fsp3) is 0.375. The summed E-state index contributed by atoms with van der Waals surface area (Å²) >= 11 is 0. The quantitative estimate of drug-likeness (QED) is 0.185. The second-order valence-electron chi connectivity index (χ2n) is 10.3. The van der Waals surface area contributed by atoms with Crippen molar-refractivity contribution in [3.63, 3.8) is 0 Å². The van der Waals surface area contributed by atoms with E-state index >= 15 is 13.2 Å². The Morgan fingerprint density at radius 3 is 2.07 bits per heavy atom. The zero-order valence-corrected chi connectivity index (χ0v) is 23.6. The van der Waals surface area contributed by atoms with Crippen LogP contribution in [-0.2, 0) is 23.2 Å². The van der Waals surface area contributed by atoms with Crippen LogP contribution in [0.2, 0.25) is 0 Å². The maximum atomic E-state index is 15.4. The van der Waals surface area contributed by atoms with Gasteiger partial charge in [0.1, 0.15) is 30.0 Å². The lowest BCUT2D eigenvalue weighted by atomic mass is 9.59. The molecule has 1 N–H and O–H groups in total. The van der Waals surface area contributed by atoms with E-state index in [9.17, 15) is 9.90 Å². The average molecular weight is 569 g/mol. The molecule has 4 atom stereocenters. The number of aryl methyl sites for hydroxylation is 1. The second-order valence-corrected chi connectivity index (χ2v) is 10.3. The molecule has 4 rings (SSSR count). The van der Waals surface area contributed by atoms with Crippen molar-refractivity contribution in [3.05, 3.63) is 96.1 Å². The number of oxazole rings is 1. The molecule has 0 saturated carbocycles. The summed E-state index contributed by atoms with van der Waals surface area (Å²) in [6.07, 6.45) is -3.40. The fourth-order valence-electron chi connectivity index (χ4n) is 5.99. The van der Waals surface area contributed by atoms with Crippen LogP contribution in [-0.4, -0.2) is 45.7 Å². The van der Waals surface area contributed by atoms with Gasteiger partial charge in [-0.3, -0.25) is 0 Å². The third kappa shape index (κ3) is 5.49. The number of aliphatic carboxylic acids is 1. The van der Waals surface area contributed by atoms with Gasteiger partial charge in [-0.1, -0.05) is 30.3 Å². The average Bonchev–Trinajstić information content (AvgIpc) is 3.60. The molecular weight excluding hydrogens is 533 g/mol. The van der Waals surface area contributed by atoms with Gasteiger partial charge >= 0.3 is 5.97 Å². The first-order valence-corrected chi connectivity index (χ1v) is 13.6. The number of carboxylic acids is 1. The molecule has 4 aromatic rings. The van der Waals surface area contributed by atoms with E-state index < -0.39 is 35.4 Å². The van der Waals surface area contributed by atoms with E-state index in [4.69, 9.17) is 9.15 Å². The smallest absolute Gasteiger partial charge is 0.331 e. The Bertz CT molecular complexity index is 1400. The van der Waals surface area contributed by atoms with Gasteiger partial charge in [0.15, 0.2) is 5.54 Å². The highest BCUT2D eigenvalue weighted by molar-refractivity contribution is 5.79. The van der Waals surface area contributed by atoms with E-state index in [0.29, 0.717) is 36.0 Å². The minimum Gasteiger partial charge on any atom is -0.493 e. The standard InChI is InChI=1S/C32H35F3N2O4/c1-21-28(36-29(41-21)26-10-6-5-7-11-26)16-19-40-27-14-12-25(13-15-27)20-31(30(38)39,37-17-8-9-18-37)32(22(2)33,23(3)34)24(4)35/h5-15,17-18,22-24H,16,19-20H2,1-4H3,(H,38,39)/t22?,23?,24?,31-,32?/m1/s1. The molecule has 41 heavy (non-hydrogen) atoms. The first-order chi connectivity index (χ1) is 19.5. The number of alkyl halides is 3. The molecule has 0 aliphatic rings. The van der Waals surface area contributed by atoms with E-state index in [1.807, 2.05) is 37.3 Å². The number of ether oxygens (including phenoxy) is 1. The Morgan fingerprint density at radius 2 is 1.54 bits per heavy atom. The lowest BCUT2D eigenvalue weighted by Crippen LogP contribution is -2.67. The van der Waals surface area contributed by atoms with E-state index in [1.165, 1.54) is 17.0 Å². The molecule has 0 aliphatic heterocycles. The van der Waals surface area contributed by atoms with Crippen LogP contribution < -0.4 is 4.74 Å². The van der Waals surface area contributed by atoms with Crippen LogP contribution in [0.4, 0.5) is 13.2 Å². The molecule has 0 saturated heterocycles. The van der Waals surface area contributed by atoms with Gasteiger partial charge in [0.2, 0.25) is 5.89 Å². The van der Waals surface area contributed by atoms with E-state index in [2.05, 4.69) is 4.98 Å². The summed E-state index contributed by atoms with van der Waals surface area (Å²) in [5.74, 6) is 0.233. The molecule has 0 bridgehead atoms. The fourth-order valence-corrected chi connectivity index (χ4v) is 5.99. The summed E-state index contributed by atoms with van der Waals surface area (Å²) in [5.41, 5.74) is -2.70. The summed E-state index contributed by atoms with van der Waals surface area (Å²) < 4.78 is 59.0. The molecule has 0 amide bonds. The zero-order chi connectivity index (χ0) is 29.8. The molecular formula is C32H35F3N2O4. The SMILES string of the molecule is Cc1oc(-c2ccccc2)nc1CCOc1ccc(C[C@](C(=O)O)(n2cccc2)C(C(C)F)(C(C)F)C(C)F)cc1. The molecule has 9 heteroatoms. The van der Waals surface area contributed by atoms with Crippen molar-refractivity contribution in [2.45, 2.75) is 64.6 Å². The Hall–Kier alpha value is -4.01. The van der Waals surface area contributed by atoms with Gasteiger partial charge in [0.05, 0.1) is 17.7 Å².